The van der Waals surface area contributed by atoms with Crippen LogP contribution in [0.25, 0.3) is 11.2 Å². The van der Waals surface area contributed by atoms with Crippen LogP contribution < -0.4 is 11.5 Å². The number of nitrogens with zero attached hydrogens (tertiary/aromatic N) is 4. The highest BCUT2D eigenvalue weighted by Gasteiger charge is 2.62. The lowest BCUT2D eigenvalue weighted by Gasteiger charge is -2.46. The van der Waals surface area contributed by atoms with E-state index in [0.29, 0.717) is 17.6 Å². The minimum Gasteiger partial charge on any atom is -0.387 e. The Morgan fingerprint density at radius 2 is 2.14 bits per heavy atom. The zero-order valence-electron chi connectivity index (χ0n) is 11.1. The van der Waals surface area contributed by atoms with Crippen LogP contribution in [0.1, 0.15) is 19.1 Å². The van der Waals surface area contributed by atoms with Crippen molar-refractivity contribution in [3.8, 4) is 0 Å². The zero-order valence-corrected chi connectivity index (χ0v) is 11.1. The summed E-state index contributed by atoms with van der Waals surface area (Å²) in [5.74, 6) is 0.252. The van der Waals surface area contributed by atoms with Crippen LogP contribution in [0.4, 0.5) is 5.82 Å². The molecule has 0 aromatic carbocycles. The van der Waals surface area contributed by atoms with Gasteiger partial charge in [0.1, 0.15) is 29.7 Å². The highest BCUT2D eigenvalue weighted by atomic mass is 16.6. The number of imidazole rings is 1. The number of ether oxygens (including phenoxy) is 1. The van der Waals surface area contributed by atoms with E-state index in [1.165, 1.54) is 12.7 Å². The molecule has 1 saturated carbocycles. The van der Waals surface area contributed by atoms with Crippen molar-refractivity contribution in [1.29, 1.82) is 0 Å². The predicted octanol–water partition coefficient (Wildman–Crippen LogP) is -1.48. The third-order valence-electron chi connectivity index (χ3n) is 4.59. The molecule has 112 valence electrons. The average molecular weight is 292 g/mol. The van der Waals surface area contributed by atoms with Crippen LogP contribution in [0.15, 0.2) is 12.7 Å². The fourth-order valence-electron chi connectivity index (χ4n) is 3.20. The minimum atomic E-state index is -1.11. The number of aliphatic hydroxyl groups is 2. The van der Waals surface area contributed by atoms with Crippen LogP contribution in [0.3, 0.4) is 0 Å². The molecule has 0 radical (unpaired) electrons. The third-order valence-corrected chi connectivity index (χ3v) is 4.59. The van der Waals surface area contributed by atoms with Crippen molar-refractivity contribution in [2.75, 3.05) is 5.73 Å². The molecule has 0 bridgehead atoms. The molecule has 0 amide bonds. The van der Waals surface area contributed by atoms with Crippen LogP contribution in [0.5, 0.6) is 0 Å². The Morgan fingerprint density at radius 3 is 2.76 bits per heavy atom. The van der Waals surface area contributed by atoms with Crippen molar-refractivity contribution in [3.63, 3.8) is 0 Å². The Labute approximate surface area is 119 Å². The van der Waals surface area contributed by atoms with Gasteiger partial charge in [0.15, 0.2) is 17.7 Å². The first-order valence-corrected chi connectivity index (χ1v) is 6.77. The number of nitrogens with two attached hydrogens (primary N) is 2. The average Bonchev–Trinajstić information content (AvgIpc) is 3.01. The highest BCUT2D eigenvalue weighted by Crippen LogP contribution is 2.48. The molecule has 2 fully saturated rings. The maximum Gasteiger partial charge on any atom is 0.167 e. The Kier molecular flexibility index (Phi) is 2.52. The van der Waals surface area contributed by atoms with Crippen molar-refractivity contribution in [3.05, 3.63) is 12.7 Å². The van der Waals surface area contributed by atoms with Crippen molar-refractivity contribution in [2.24, 2.45) is 5.73 Å². The summed E-state index contributed by atoms with van der Waals surface area (Å²) < 4.78 is 7.47. The van der Waals surface area contributed by atoms with Crippen LogP contribution >= 0.6 is 0 Å². The van der Waals surface area contributed by atoms with E-state index < -0.39 is 24.0 Å². The van der Waals surface area contributed by atoms with Gasteiger partial charge in [0.05, 0.1) is 6.33 Å². The normalized spacial score (nSPS) is 39.0. The van der Waals surface area contributed by atoms with Gasteiger partial charge in [0.2, 0.25) is 0 Å². The molecule has 2 aromatic heterocycles. The third kappa shape index (κ3) is 1.51. The molecule has 4 rings (SSSR count). The van der Waals surface area contributed by atoms with Crippen LogP contribution in [-0.2, 0) is 4.74 Å². The smallest absolute Gasteiger partial charge is 0.167 e. The SMILES string of the molecule is Nc1ncnc2c1ncn2C1O[C@@]2(CC[C@H]2N)C(O)[C@@H]1O. The molecule has 2 unspecified atom stereocenters. The van der Waals surface area contributed by atoms with Gasteiger partial charge in [-0.05, 0) is 12.8 Å². The van der Waals surface area contributed by atoms with Gasteiger partial charge in [-0.1, -0.05) is 0 Å². The van der Waals surface area contributed by atoms with Gasteiger partial charge < -0.3 is 26.4 Å². The summed E-state index contributed by atoms with van der Waals surface area (Å²) in [7, 11) is 0. The summed E-state index contributed by atoms with van der Waals surface area (Å²) in [5.41, 5.74) is 11.7. The zero-order chi connectivity index (χ0) is 14.8. The van der Waals surface area contributed by atoms with Crippen LogP contribution in [-0.4, -0.2) is 53.6 Å². The summed E-state index contributed by atoms with van der Waals surface area (Å²) in [5, 5.41) is 20.6. The van der Waals surface area contributed by atoms with Crippen LogP contribution in [0.2, 0.25) is 0 Å². The molecule has 9 nitrogen and oxygen atoms in total. The van der Waals surface area contributed by atoms with Gasteiger partial charge in [0.25, 0.3) is 0 Å². The van der Waals surface area contributed by atoms with Crippen molar-refractivity contribution in [1.82, 2.24) is 19.5 Å². The van der Waals surface area contributed by atoms with Crippen molar-refractivity contribution < 1.29 is 14.9 Å². The fraction of sp³-hybridized carbons (Fsp3) is 0.583. The van der Waals surface area contributed by atoms with Gasteiger partial charge in [-0.2, -0.15) is 0 Å². The Balaban J connectivity index is 1.78. The van der Waals surface area contributed by atoms with Gasteiger partial charge in [-0.15, -0.1) is 0 Å². The number of hydrogen-bond donors (Lipinski definition) is 4. The standard InChI is InChI=1S/C12H16N6O3/c13-5-1-2-12(5)8(20)7(19)11(21-12)18-4-17-6-9(14)15-3-16-10(6)18/h3-5,7-8,11,19-20H,1-2,13H2,(H2,14,15,16)/t5-,7+,8?,11?,12-/m1/s1. The molecule has 1 aliphatic heterocycles. The second-order valence-electron chi connectivity index (χ2n) is 5.63. The van der Waals surface area contributed by atoms with Gasteiger partial charge in [-0.25, -0.2) is 15.0 Å². The maximum absolute atomic E-state index is 10.3. The minimum absolute atomic E-state index is 0.252. The van der Waals surface area contributed by atoms with Crippen LogP contribution in [0, 0.1) is 0 Å². The largest absolute Gasteiger partial charge is 0.387 e. The number of aromatic nitrogens is 4. The molecule has 21 heavy (non-hydrogen) atoms. The summed E-state index contributed by atoms with van der Waals surface area (Å²) >= 11 is 0. The first-order chi connectivity index (χ1) is 10.0. The second-order valence-corrected chi connectivity index (χ2v) is 5.63. The summed E-state index contributed by atoms with van der Waals surface area (Å²) in [4.78, 5) is 12.1. The number of nitrogen functional groups attached to an aromatic ring is 1. The molecule has 2 aromatic rings. The quantitative estimate of drug-likeness (QED) is 0.498. The van der Waals surface area contributed by atoms with Crippen molar-refractivity contribution >= 4 is 17.0 Å². The number of rotatable bonds is 1. The van der Waals surface area contributed by atoms with Gasteiger partial charge in [-0.3, -0.25) is 4.57 Å². The lowest BCUT2D eigenvalue weighted by atomic mass is 9.71. The fourth-order valence-corrected chi connectivity index (χ4v) is 3.20. The molecular weight excluding hydrogens is 276 g/mol. The van der Waals surface area contributed by atoms with E-state index in [2.05, 4.69) is 15.0 Å². The van der Waals surface area contributed by atoms with E-state index in [0.717, 1.165) is 6.42 Å². The lowest BCUT2D eigenvalue weighted by molar-refractivity contribution is -0.158. The molecule has 1 spiro atoms. The van der Waals surface area contributed by atoms with E-state index >= 15 is 0 Å². The first-order valence-electron chi connectivity index (χ1n) is 6.77. The van der Waals surface area contributed by atoms with Gasteiger partial charge in [0, 0.05) is 6.04 Å². The predicted molar refractivity (Wildman–Crippen MR) is 71.8 cm³/mol. The first kappa shape index (κ1) is 12.9. The molecule has 2 aliphatic rings. The number of fused-ring (bicyclic) bond motifs is 1. The Morgan fingerprint density at radius 1 is 1.33 bits per heavy atom. The second kappa shape index (κ2) is 4.10. The lowest BCUT2D eigenvalue weighted by Crippen LogP contribution is -2.63. The molecule has 9 heteroatoms. The Hall–Kier alpha value is -1.81. The molecule has 1 saturated heterocycles. The Bertz CT molecular complexity index is 705. The van der Waals surface area contributed by atoms with E-state index in [1.807, 2.05) is 0 Å². The molecule has 6 N–H and O–H groups in total. The molecular formula is C12H16N6O3. The molecule has 5 atom stereocenters. The topological polar surface area (TPSA) is 145 Å². The van der Waals surface area contributed by atoms with E-state index in [1.54, 1.807) is 4.57 Å². The maximum atomic E-state index is 10.3. The number of aliphatic hydroxyl groups excluding tert-OH is 2. The molecule has 1 aliphatic carbocycles. The van der Waals surface area contributed by atoms with E-state index in [9.17, 15) is 10.2 Å². The number of hydrogen-bond acceptors (Lipinski definition) is 8. The molecule has 3 heterocycles. The van der Waals surface area contributed by atoms with E-state index in [4.69, 9.17) is 16.2 Å². The summed E-state index contributed by atoms with van der Waals surface area (Å²) in [6, 6.07) is -0.290. The van der Waals surface area contributed by atoms with Gasteiger partial charge >= 0.3 is 0 Å². The van der Waals surface area contributed by atoms with E-state index in [-0.39, 0.29) is 11.9 Å². The highest BCUT2D eigenvalue weighted by molar-refractivity contribution is 5.81. The number of anilines is 1. The van der Waals surface area contributed by atoms with Crippen molar-refractivity contribution in [2.45, 2.75) is 42.9 Å². The summed E-state index contributed by atoms with van der Waals surface area (Å²) in [6.45, 7) is 0. The summed E-state index contributed by atoms with van der Waals surface area (Å²) in [6.07, 6.45) is 1.22. The monoisotopic (exact) mass is 292 g/mol.